The molecule has 2 aliphatic rings. The first-order valence-electron chi connectivity index (χ1n) is 7.73. The van der Waals surface area contributed by atoms with E-state index in [1.165, 1.54) is 25.7 Å². The fraction of sp³-hybridized carbons (Fsp3) is 0.929. The van der Waals surface area contributed by atoms with Crippen LogP contribution in [0, 0.1) is 5.92 Å². The van der Waals surface area contributed by atoms with Crippen LogP contribution in [-0.2, 0) is 9.84 Å². The highest BCUT2D eigenvalue weighted by atomic mass is 127. The van der Waals surface area contributed by atoms with Crippen molar-refractivity contribution in [3.05, 3.63) is 0 Å². The molecule has 2 fully saturated rings. The molecule has 1 saturated carbocycles. The summed E-state index contributed by atoms with van der Waals surface area (Å²) >= 11 is 1.95. The highest BCUT2D eigenvalue weighted by Crippen LogP contribution is 2.26. The van der Waals surface area contributed by atoms with Crippen LogP contribution in [0.4, 0.5) is 0 Å². The molecule has 22 heavy (non-hydrogen) atoms. The monoisotopic (exact) mass is 461 g/mol. The number of sulfone groups is 1. The molecule has 0 bridgehead atoms. The molecular formula is C14H28IN3O2S2. The Hall–Kier alpha value is 0.300. The van der Waals surface area contributed by atoms with E-state index in [1.54, 1.807) is 7.05 Å². The van der Waals surface area contributed by atoms with Crippen molar-refractivity contribution in [2.75, 3.05) is 31.4 Å². The lowest BCUT2D eigenvalue weighted by Gasteiger charge is -2.30. The Kier molecular flexibility index (Phi) is 8.84. The van der Waals surface area contributed by atoms with Crippen LogP contribution in [0.2, 0.25) is 0 Å². The third-order valence-electron chi connectivity index (χ3n) is 4.41. The van der Waals surface area contributed by atoms with Crippen LogP contribution in [0.5, 0.6) is 0 Å². The lowest BCUT2D eigenvalue weighted by molar-refractivity contribution is 0.417. The third kappa shape index (κ3) is 6.43. The summed E-state index contributed by atoms with van der Waals surface area (Å²) in [7, 11) is -1.02. The molecule has 0 aromatic heterocycles. The van der Waals surface area contributed by atoms with Gasteiger partial charge in [-0.15, -0.1) is 24.0 Å². The van der Waals surface area contributed by atoms with E-state index in [1.807, 2.05) is 11.8 Å². The minimum absolute atomic E-state index is 0. The number of rotatable bonds is 4. The number of thioether (sulfide) groups is 1. The van der Waals surface area contributed by atoms with Crippen molar-refractivity contribution in [3.8, 4) is 0 Å². The topological polar surface area (TPSA) is 70.6 Å². The molecule has 3 unspecified atom stereocenters. The van der Waals surface area contributed by atoms with Crippen LogP contribution in [0.3, 0.4) is 0 Å². The predicted molar refractivity (Wildman–Crippen MR) is 106 cm³/mol. The highest BCUT2D eigenvalue weighted by Gasteiger charge is 2.28. The molecule has 3 atom stereocenters. The summed E-state index contributed by atoms with van der Waals surface area (Å²) in [5.74, 6) is 1.68. The fourth-order valence-electron chi connectivity index (χ4n) is 3.15. The first kappa shape index (κ1) is 20.3. The minimum atomic E-state index is -2.79. The van der Waals surface area contributed by atoms with Crippen molar-refractivity contribution >= 4 is 51.5 Å². The molecule has 2 N–H and O–H groups in total. The summed E-state index contributed by atoms with van der Waals surface area (Å²) in [4.78, 5) is 4.27. The van der Waals surface area contributed by atoms with E-state index < -0.39 is 9.84 Å². The van der Waals surface area contributed by atoms with Gasteiger partial charge in [0.25, 0.3) is 0 Å². The fourth-order valence-corrected chi connectivity index (χ4v) is 5.84. The van der Waals surface area contributed by atoms with Gasteiger partial charge in [-0.25, -0.2) is 8.42 Å². The molecule has 0 radical (unpaired) electrons. The van der Waals surface area contributed by atoms with E-state index in [2.05, 4.69) is 21.9 Å². The normalized spacial score (nSPS) is 31.4. The number of hydrogen-bond donors (Lipinski definition) is 2. The van der Waals surface area contributed by atoms with Crippen LogP contribution in [0.15, 0.2) is 4.99 Å². The van der Waals surface area contributed by atoms with Gasteiger partial charge >= 0.3 is 0 Å². The van der Waals surface area contributed by atoms with E-state index in [0.717, 1.165) is 17.6 Å². The van der Waals surface area contributed by atoms with Gasteiger partial charge in [-0.1, -0.05) is 6.42 Å². The van der Waals surface area contributed by atoms with Crippen molar-refractivity contribution in [2.45, 2.75) is 43.4 Å². The SMILES string of the molecule is CN=C(NCC1CCS(=O)(=O)C1)NC1CCCC(SC)C1.I. The maximum atomic E-state index is 11.5. The van der Waals surface area contributed by atoms with Crippen LogP contribution < -0.4 is 10.6 Å². The standard InChI is InChI=1S/C14H27N3O2S2.HI/c1-15-14(16-9-11-6-7-21(18,19)10-11)17-12-4-3-5-13(8-12)20-2;/h11-13H,3-10H2,1-2H3,(H2,15,16,17);1H. The summed E-state index contributed by atoms with van der Waals surface area (Å²) in [5.41, 5.74) is 0. The molecule has 0 amide bonds. The molecule has 1 heterocycles. The minimum Gasteiger partial charge on any atom is -0.356 e. The van der Waals surface area contributed by atoms with E-state index >= 15 is 0 Å². The largest absolute Gasteiger partial charge is 0.356 e. The summed E-state index contributed by atoms with van der Waals surface area (Å²) in [6.07, 6.45) is 7.90. The molecule has 130 valence electrons. The van der Waals surface area contributed by atoms with Crippen molar-refractivity contribution in [3.63, 3.8) is 0 Å². The van der Waals surface area contributed by atoms with Gasteiger partial charge in [0, 0.05) is 24.9 Å². The van der Waals surface area contributed by atoms with Crippen molar-refractivity contribution in [1.82, 2.24) is 10.6 Å². The van der Waals surface area contributed by atoms with Crippen molar-refractivity contribution < 1.29 is 8.42 Å². The summed E-state index contributed by atoms with van der Waals surface area (Å²) in [6.45, 7) is 0.692. The Morgan fingerprint density at radius 3 is 2.68 bits per heavy atom. The molecule has 5 nitrogen and oxygen atoms in total. The maximum absolute atomic E-state index is 11.5. The van der Waals surface area contributed by atoms with Crippen LogP contribution in [-0.4, -0.2) is 57.0 Å². The van der Waals surface area contributed by atoms with E-state index in [4.69, 9.17) is 0 Å². The number of hydrogen-bond acceptors (Lipinski definition) is 4. The van der Waals surface area contributed by atoms with Gasteiger partial charge in [0.1, 0.15) is 0 Å². The lowest BCUT2D eigenvalue weighted by atomic mass is 9.95. The maximum Gasteiger partial charge on any atom is 0.191 e. The molecule has 8 heteroatoms. The number of nitrogens with zero attached hydrogens (tertiary/aromatic N) is 1. The zero-order chi connectivity index (χ0) is 15.3. The van der Waals surface area contributed by atoms with Crippen LogP contribution in [0.1, 0.15) is 32.1 Å². The second-order valence-electron chi connectivity index (χ2n) is 6.09. The average molecular weight is 461 g/mol. The van der Waals surface area contributed by atoms with Gasteiger partial charge in [0.05, 0.1) is 11.5 Å². The van der Waals surface area contributed by atoms with E-state index in [-0.39, 0.29) is 29.9 Å². The molecule has 0 aromatic rings. The van der Waals surface area contributed by atoms with E-state index in [9.17, 15) is 8.42 Å². The number of halogens is 1. The molecule has 0 spiro atoms. The smallest absolute Gasteiger partial charge is 0.191 e. The third-order valence-corrected chi connectivity index (χ3v) is 7.34. The Morgan fingerprint density at radius 1 is 1.32 bits per heavy atom. The molecule has 1 aliphatic heterocycles. The first-order valence-corrected chi connectivity index (χ1v) is 10.8. The second kappa shape index (κ2) is 9.56. The van der Waals surface area contributed by atoms with Crippen LogP contribution in [0.25, 0.3) is 0 Å². The molecule has 1 saturated heterocycles. The number of aliphatic imine (C=N–C) groups is 1. The van der Waals surface area contributed by atoms with Gasteiger partial charge in [-0.3, -0.25) is 4.99 Å². The Bertz CT molecular complexity index is 471. The quantitative estimate of drug-likeness (QED) is 0.380. The summed E-state index contributed by atoms with van der Waals surface area (Å²) in [6, 6.07) is 0.481. The first-order chi connectivity index (χ1) is 10.0. The van der Waals surface area contributed by atoms with Gasteiger partial charge in [0.15, 0.2) is 15.8 Å². The van der Waals surface area contributed by atoms with E-state index in [0.29, 0.717) is 24.1 Å². The van der Waals surface area contributed by atoms with Crippen LogP contribution >= 0.6 is 35.7 Å². The molecule has 2 rings (SSSR count). The molecular weight excluding hydrogens is 433 g/mol. The predicted octanol–water partition coefficient (Wildman–Crippen LogP) is 1.88. The molecule has 1 aliphatic carbocycles. The Labute approximate surface area is 155 Å². The van der Waals surface area contributed by atoms with Crippen molar-refractivity contribution in [1.29, 1.82) is 0 Å². The van der Waals surface area contributed by atoms with Crippen molar-refractivity contribution in [2.24, 2.45) is 10.9 Å². The number of nitrogens with one attached hydrogen (secondary N) is 2. The number of guanidine groups is 1. The zero-order valence-electron chi connectivity index (χ0n) is 13.4. The van der Waals surface area contributed by atoms with Gasteiger partial charge < -0.3 is 10.6 Å². The zero-order valence-corrected chi connectivity index (χ0v) is 17.3. The molecule has 0 aromatic carbocycles. The average Bonchev–Trinajstić information content (AvgIpc) is 2.83. The Balaban J connectivity index is 0.00000242. The van der Waals surface area contributed by atoms with Gasteiger partial charge in [-0.2, -0.15) is 11.8 Å². The Morgan fingerprint density at radius 2 is 2.09 bits per heavy atom. The van der Waals surface area contributed by atoms with Gasteiger partial charge in [-0.05, 0) is 37.9 Å². The highest BCUT2D eigenvalue weighted by molar-refractivity contribution is 14.0. The summed E-state index contributed by atoms with van der Waals surface area (Å²) in [5, 5.41) is 7.53. The summed E-state index contributed by atoms with van der Waals surface area (Å²) < 4.78 is 22.9. The second-order valence-corrected chi connectivity index (χ2v) is 9.45. The van der Waals surface area contributed by atoms with Gasteiger partial charge in [0.2, 0.25) is 0 Å². The lowest BCUT2D eigenvalue weighted by Crippen LogP contribution is -2.46.